The first-order chi connectivity index (χ1) is 8.43. The Labute approximate surface area is 111 Å². The van der Waals surface area contributed by atoms with Crippen molar-refractivity contribution in [3.63, 3.8) is 0 Å². The average molecular weight is 256 g/mol. The van der Waals surface area contributed by atoms with Crippen LogP contribution in [-0.2, 0) is 9.59 Å². The van der Waals surface area contributed by atoms with Crippen LogP contribution in [0, 0.1) is 0 Å². The van der Waals surface area contributed by atoms with E-state index in [1.54, 1.807) is 0 Å². The van der Waals surface area contributed by atoms with Crippen molar-refractivity contribution in [3.8, 4) is 0 Å². The molecule has 4 heteroatoms. The summed E-state index contributed by atoms with van der Waals surface area (Å²) in [6.07, 6.45) is 5.29. The second-order valence-electron chi connectivity index (χ2n) is 5.11. The summed E-state index contributed by atoms with van der Waals surface area (Å²) in [6.45, 7) is 8.50. The molecule has 0 spiro atoms. The number of nitrogens with one attached hydrogen (secondary N) is 2. The van der Waals surface area contributed by atoms with E-state index in [4.69, 9.17) is 0 Å². The zero-order valence-corrected chi connectivity index (χ0v) is 12.3. The monoisotopic (exact) mass is 256 g/mol. The molecule has 0 unspecified atom stereocenters. The Balaban J connectivity index is 3.62. The van der Waals surface area contributed by atoms with Gasteiger partial charge in [0.15, 0.2) is 0 Å². The first-order valence-corrected chi connectivity index (χ1v) is 6.99. The van der Waals surface area contributed by atoms with Crippen LogP contribution in [0.2, 0.25) is 0 Å². The smallest absolute Gasteiger partial charge is 0.220 e. The number of unbranched alkanes of at least 4 members (excludes halogenated alkanes) is 2. The number of hydrogen-bond acceptors (Lipinski definition) is 2. The van der Waals surface area contributed by atoms with Gasteiger partial charge in [0.1, 0.15) is 0 Å². The van der Waals surface area contributed by atoms with Gasteiger partial charge in [-0.25, -0.2) is 0 Å². The van der Waals surface area contributed by atoms with Crippen LogP contribution in [0.15, 0.2) is 0 Å². The van der Waals surface area contributed by atoms with Gasteiger partial charge in [0.2, 0.25) is 11.8 Å². The normalized spacial score (nSPS) is 11.1. The fourth-order valence-corrected chi connectivity index (χ4v) is 1.68. The molecule has 0 saturated carbocycles. The number of hydrogen-bond donors (Lipinski definition) is 2. The maximum Gasteiger partial charge on any atom is 0.220 e. The minimum absolute atomic E-state index is 0.00870. The summed E-state index contributed by atoms with van der Waals surface area (Å²) in [4.78, 5) is 22.4. The van der Waals surface area contributed by atoms with Crippen molar-refractivity contribution in [2.24, 2.45) is 0 Å². The quantitative estimate of drug-likeness (QED) is 0.622. The zero-order chi connectivity index (χ0) is 14.0. The molecule has 0 aromatic heterocycles. The molecule has 0 aliphatic carbocycles. The fraction of sp³-hybridized carbons (Fsp3) is 0.857. The predicted molar refractivity (Wildman–Crippen MR) is 74.3 cm³/mol. The highest BCUT2D eigenvalue weighted by molar-refractivity contribution is 5.76. The lowest BCUT2D eigenvalue weighted by Gasteiger charge is -2.28. The Morgan fingerprint density at radius 1 is 1.06 bits per heavy atom. The molecule has 0 atom stereocenters. The summed E-state index contributed by atoms with van der Waals surface area (Å²) >= 11 is 0. The summed E-state index contributed by atoms with van der Waals surface area (Å²) in [6, 6.07) is 0. The van der Waals surface area contributed by atoms with Gasteiger partial charge in [0.05, 0.1) is 0 Å². The van der Waals surface area contributed by atoms with Crippen LogP contribution in [0.4, 0.5) is 0 Å². The Bertz CT molecular complexity index is 261. The van der Waals surface area contributed by atoms with Gasteiger partial charge in [-0.15, -0.1) is 0 Å². The van der Waals surface area contributed by atoms with Gasteiger partial charge in [-0.3, -0.25) is 9.59 Å². The highest BCUT2D eigenvalue weighted by Crippen LogP contribution is 2.14. The van der Waals surface area contributed by atoms with E-state index in [0.29, 0.717) is 13.0 Å². The van der Waals surface area contributed by atoms with Crippen LogP contribution in [0.1, 0.15) is 66.2 Å². The van der Waals surface area contributed by atoms with Gasteiger partial charge >= 0.3 is 0 Å². The molecule has 0 aromatic rings. The van der Waals surface area contributed by atoms with Crippen molar-refractivity contribution in [1.29, 1.82) is 0 Å². The number of rotatable bonds is 9. The largest absolute Gasteiger partial charge is 0.356 e. The summed E-state index contributed by atoms with van der Waals surface area (Å²) in [5, 5.41) is 5.84. The SMILES string of the molecule is CCC(C)(CC)NC(=O)CCCCCNC(C)=O. The van der Waals surface area contributed by atoms with E-state index >= 15 is 0 Å². The topological polar surface area (TPSA) is 58.2 Å². The van der Waals surface area contributed by atoms with Crippen LogP contribution in [0.5, 0.6) is 0 Å². The molecule has 106 valence electrons. The molecule has 0 bridgehead atoms. The molecule has 18 heavy (non-hydrogen) atoms. The Kier molecular flexibility index (Phi) is 8.42. The van der Waals surface area contributed by atoms with Crippen molar-refractivity contribution < 1.29 is 9.59 Å². The molecule has 0 heterocycles. The summed E-state index contributed by atoms with van der Waals surface area (Å²) in [5.74, 6) is 0.148. The number of carbonyl (C=O) groups excluding carboxylic acids is 2. The number of carbonyl (C=O) groups is 2. The van der Waals surface area contributed by atoms with E-state index in [-0.39, 0.29) is 17.4 Å². The lowest BCUT2D eigenvalue weighted by molar-refractivity contribution is -0.123. The van der Waals surface area contributed by atoms with Crippen LogP contribution in [0.3, 0.4) is 0 Å². The van der Waals surface area contributed by atoms with Crippen molar-refractivity contribution in [2.75, 3.05) is 6.54 Å². The van der Waals surface area contributed by atoms with Gasteiger partial charge < -0.3 is 10.6 Å². The van der Waals surface area contributed by atoms with Gasteiger partial charge in [0.25, 0.3) is 0 Å². The molecule has 2 amide bonds. The summed E-state index contributed by atoms with van der Waals surface area (Å²) in [7, 11) is 0. The Morgan fingerprint density at radius 2 is 1.67 bits per heavy atom. The molecule has 0 aromatic carbocycles. The van der Waals surface area contributed by atoms with Crippen LogP contribution in [-0.4, -0.2) is 23.9 Å². The van der Waals surface area contributed by atoms with Gasteiger partial charge in [0, 0.05) is 25.4 Å². The Morgan fingerprint density at radius 3 is 2.17 bits per heavy atom. The highest BCUT2D eigenvalue weighted by Gasteiger charge is 2.21. The molecule has 0 saturated heterocycles. The minimum atomic E-state index is -0.0622. The van der Waals surface area contributed by atoms with Crippen LogP contribution < -0.4 is 10.6 Å². The van der Waals surface area contributed by atoms with Crippen molar-refractivity contribution >= 4 is 11.8 Å². The van der Waals surface area contributed by atoms with Gasteiger partial charge in [-0.2, -0.15) is 0 Å². The fourth-order valence-electron chi connectivity index (χ4n) is 1.68. The maximum absolute atomic E-state index is 11.7. The Hall–Kier alpha value is -1.06. The van der Waals surface area contributed by atoms with E-state index in [2.05, 4.69) is 31.4 Å². The highest BCUT2D eigenvalue weighted by atomic mass is 16.2. The van der Waals surface area contributed by atoms with Crippen molar-refractivity contribution in [1.82, 2.24) is 10.6 Å². The lowest BCUT2D eigenvalue weighted by atomic mass is 9.95. The first kappa shape index (κ1) is 16.9. The van der Waals surface area contributed by atoms with Gasteiger partial charge in [-0.1, -0.05) is 20.3 Å². The second kappa shape index (κ2) is 8.95. The van der Waals surface area contributed by atoms with E-state index in [9.17, 15) is 9.59 Å². The molecule has 0 aliphatic heterocycles. The summed E-state index contributed by atoms with van der Waals surface area (Å²) < 4.78 is 0. The molecule has 0 rings (SSSR count). The number of amides is 2. The molecule has 0 radical (unpaired) electrons. The average Bonchev–Trinajstić information content (AvgIpc) is 2.33. The predicted octanol–water partition coefficient (Wildman–Crippen LogP) is 2.38. The maximum atomic E-state index is 11.7. The van der Waals surface area contributed by atoms with E-state index in [1.807, 2.05) is 0 Å². The third kappa shape index (κ3) is 8.09. The van der Waals surface area contributed by atoms with Crippen molar-refractivity contribution in [2.45, 2.75) is 71.8 Å². The third-order valence-corrected chi connectivity index (χ3v) is 3.46. The van der Waals surface area contributed by atoms with E-state index in [0.717, 1.165) is 32.1 Å². The van der Waals surface area contributed by atoms with Crippen LogP contribution in [0.25, 0.3) is 0 Å². The third-order valence-electron chi connectivity index (χ3n) is 3.46. The molecule has 0 aliphatic rings. The first-order valence-electron chi connectivity index (χ1n) is 6.99. The summed E-state index contributed by atoms with van der Waals surface area (Å²) in [5.41, 5.74) is -0.0622. The zero-order valence-electron chi connectivity index (χ0n) is 12.3. The standard InChI is InChI=1S/C14H28N2O2/c1-5-14(4,6-2)16-13(18)10-8-7-9-11-15-12(3)17/h5-11H2,1-4H3,(H,15,17)(H,16,18). The van der Waals surface area contributed by atoms with Gasteiger partial charge in [-0.05, 0) is 32.6 Å². The molecule has 4 nitrogen and oxygen atoms in total. The van der Waals surface area contributed by atoms with Crippen molar-refractivity contribution in [3.05, 3.63) is 0 Å². The minimum Gasteiger partial charge on any atom is -0.356 e. The van der Waals surface area contributed by atoms with E-state index in [1.165, 1.54) is 6.92 Å². The lowest BCUT2D eigenvalue weighted by Crippen LogP contribution is -2.44. The molecular formula is C14H28N2O2. The molecular weight excluding hydrogens is 228 g/mol. The molecule has 2 N–H and O–H groups in total. The van der Waals surface area contributed by atoms with Crippen LogP contribution >= 0.6 is 0 Å². The second-order valence-corrected chi connectivity index (χ2v) is 5.11. The van der Waals surface area contributed by atoms with E-state index < -0.39 is 0 Å². The molecule has 0 fully saturated rings.